The molecule has 2 amide bonds. The van der Waals surface area contributed by atoms with Crippen LogP contribution in [0.5, 0.6) is 0 Å². The van der Waals surface area contributed by atoms with Crippen LogP contribution in [-0.2, 0) is 6.54 Å². The van der Waals surface area contributed by atoms with Crippen molar-refractivity contribution in [3.05, 3.63) is 47.5 Å². The largest absolute Gasteiger partial charge is 0.338 e. The number of allylic oxidation sites excluding steroid dienone is 1. The normalized spacial score (nSPS) is 14.1. The highest BCUT2D eigenvalue weighted by Crippen LogP contribution is 2.19. The van der Waals surface area contributed by atoms with Gasteiger partial charge in [0.25, 0.3) is 0 Å². The molecule has 0 radical (unpaired) electrons. The fourth-order valence-electron chi connectivity index (χ4n) is 2.14. The first-order valence-electron chi connectivity index (χ1n) is 6.58. The molecular formula is C15H20N2O. The molecule has 1 aromatic rings. The third-order valence-corrected chi connectivity index (χ3v) is 3.16. The van der Waals surface area contributed by atoms with Gasteiger partial charge >= 0.3 is 6.03 Å². The molecule has 0 bridgehead atoms. The number of carbonyl (C=O) groups excluding carboxylic acids is 1. The Morgan fingerprint density at radius 3 is 2.72 bits per heavy atom. The third-order valence-electron chi connectivity index (χ3n) is 3.16. The van der Waals surface area contributed by atoms with E-state index in [4.69, 9.17) is 0 Å². The van der Waals surface area contributed by atoms with Crippen LogP contribution in [0.25, 0.3) is 0 Å². The molecule has 1 aliphatic rings. The van der Waals surface area contributed by atoms with Crippen molar-refractivity contribution in [2.24, 2.45) is 0 Å². The van der Waals surface area contributed by atoms with E-state index in [0.29, 0.717) is 6.54 Å². The van der Waals surface area contributed by atoms with Crippen molar-refractivity contribution in [3.8, 4) is 0 Å². The van der Waals surface area contributed by atoms with E-state index >= 15 is 0 Å². The van der Waals surface area contributed by atoms with Gasteiger partial charge in [0.15, 0.2) is 0 Å². The minimum Gasteiger partial charge on any atom is -0.338 e. The summed E-state index contributed by atoms with van der Waals surface area (Å²) in [7, 11) is 0. The van der Waals surface area contributed by atoms with E-state index in [2.05, 4.69) is 16.7 Å². The zero-order valence-electron chi connectivity index (χ0n) is 10.6. The molecule has 0 aliphatic heterocycles. The van der Waals surface area contributed by atoms with Crippen LogP contribution in [0.15, 0.2) is 42.0 Å². The Morgan fingerprint density at radius 2 is 2.00 bits per heavy atom. The molecule has 18 heavy (non-hydrogen) atoms. The second-order valence-corrected chi connectivity index (χ2v) is 4.60. The predicted octanol–water partition coefficient (Wildman–Crippen LogP) is 2.99. The average Bonchev–Trinajstić information content (AvgIpc) is 2.91. The fourth-order valence-corrected chi connectivity index (χ4v) is 2.14. The average molecular weight is 244 g/mol. The van der Waals surface area contributed by atoms with Crippen LogP contribution in [0.3, 0.4) is 0 Å². The smallest absolute Gasteiger partial charge is 0.315 e. The minimum atomic E-state index is -0.0857. The molecule has 1 aromatic carbocycles. The summed E-state index contributed by atoms with van der Waals surface area (Å²) in [5, 5.41) is 5.74. The van der Waals surface area contributed by atoms with Crippen molar-refractivity contribution in [2.75, 3.05) is 6.54 Å². The molecular weight excluding hydrogens is 224 g/mol. The summed E-state index contributed by atoms with van der Waals surface area (Å²) < 4.78 is 0. The van der Waals surface area contributed by atoms with Crippen molar-refractivity contribution in [3.63, 3.8) is 0 Å². The summed E-state index contributed by atoms with van der Waals surface area (Å²) >= 11 is 0. The number of hydrogen-bond acceptors (Lipinski definition) is 1. The van der Waals surface area contributed by atoms with Gasteiger partial charge in [-0.1, -0.05) is 42.0 Å². The maximum atomic E-state index is 11.5. The topological polar surface area (TPSA) is 41.1 Å². The summed E-state index contributed by atoms with van der Waals surface area (Å²) in [4.78, 5) is 11.5. The zero-order chi connectivity index (χ0) is 12.6. The van der Waals surface area contributed by atoms with Gasteiger partial charge in [0.1, 0.15) is 0 Å². The first kappa shape index (κ1) is 12.7. The number of nitrogens with one attached hydrogen (secondary N) is 2. The number of benzene rings is 1. The monoisotopic (exact) mass is 244 g/mol. The molecule has 0 fully saturated rings. The van der Waals surface area contributed by atoms with Crippen molar-refractivity contribution in [1.29, 1.82) is 0 Å². The summed E-state index contributed by atoms with van der Waals surface area (Å²) in [6.45, 7) is 1.31. The van der Waals surface area contributed by atoms with Gasteiger partial charge < -0.3 is 10.6 Å². The summed E-state index contributed by atoms with van der Waals surface area (Å²) in [6, 6.07) is 9.84. The third kappa shape index (κ3) is 4.24. The van der Waals surface area contributed by atoms with E-state index < -0.39 is 0 Å². The Hall–Kier alpha value is -1.77. The van der Waals surface area contributed by atoms with Gasteiger partial charge in [-0.3, -0.25) is 0 Å². The molecule has 1 aliphatic carbocycles. The Kier molecular flexibility index (Phi) is 4.82. The Labute approximate surface area is 108 Å². The molecule has 3 heteroatoms. The standard InChI is InChI=1S/C15H20N2O/c18-15(16-11-10-13-6-4-5-7-13)17-12-14-8-2-1-3-9-14/h1-3,6,8-9H,4-5,7,10-12H2,(H2,16,17,18). The highest BCUT2D eigenvalue weighted by atomic mass is 16.2. The molecule has 2 N–H and O–H groups in total. The number of amides is 2. The Bertz CT molecular complexity index is 412. The van der Waals surface area contributed by atoms with Crippen molar-refractivity contribution in [1.82, 2.24) is 10.6 Å². The van der Waals surface area contributed by atoms with Gasteiger partial charge in [-0.15, -0.1) is 0 Å². The van der Waals surface area contributed by atoms with Crippen molar-refractivity contribution in [2.45, 2.75) is 32.2 Å². The summed E-state index contributed by atoms with van der Waals surface area (Å²) in [5.41, 5.74) is 2.60. The lowest BCUT2D eigenvalue weighted by Gasteiger charge is -2.08. The Balaban J connectivity index is 1.60. The van der Waals surface area contributed by atoms with Gasteiger partial charge in [0, 0.05) is 13.1 Å². The molecule has 0 spiro atoms. The lowest BCUT2D eigenvalue weighted by molar-refractivity contribution is 0.240. The molecule has 0 saturated heterocycles. The van der Waals surface area contributed by atoms with Gasteiger partial charge in [-0.05, 0) is 31.2 Å². The van der Waals surface area contributed by atoms with Crippen LogP contribution in [-0.4, -0.2) is 12.6 Å². The SMILES string of the molecule is O=C(NCCC1=CCCC1)NCc1ccccc1. The number of hydrogen-bond donors (Lipinski definition) is 2. The van der Waals surface area contributed by atoms with Gasteiger partial charge in [0.2, 0.25) is 0 Å². The lowest BCUT2D eigenvalue weighted by atomic mass is 10.2. The molecule has 0 aromatic heterocycles. The molecule has 0 heterocycles. The molecule has 0 saturated carbocycles. The predicted molar refractivity (Wildman–Crippen MR) is 73.2 cm³/mol. The van der Waals surface area contributed by atoms with E-state index in [-0.39, 0.29) is 6.03 Å². The molecule has 96 valence electrons. The molecule has 2 rings (SSSR count). The first-order valence-corrected chi connectivity index (χ1v) is 6.58. The van der Waals surface area contributed by atoms with Crippen LogP contribution >= 0.6 is 0 Å². The van der Waals surface area contributed by atoms with Gasteiger partial charge in [0.05, 0.1) is 0 Å². The van der Waals surface area contributed by atoms with Crippen LogP contribution < -0.4 is 10.6 Å². The van der Waals surface area contributed by atoms with Crippen molar-refractivity contribution < 1.29 is 4.79 Å². The van der Waals surface area contributed by atoms with Crippen LogP contribution in [0.2, 0.25) is 0 Å². The van der Waals surface area contributed by atoms with Gasteiger partial charge in [-0.25, -0.2) is 4.79 Å². The maximum absolute atomic E-state index is 11.5. The van der Waals surface area contributed by atoms with Crippen molar-refractivity contribution >= 4 is 6.03 Å². The number of urea groups is 1. The molecule has 0 unspecified atom stereocenters. The zero-order valence-corrected chi connectivity index (χ0v) is 10.6. The second kappa shape index (κ2) is 6.84. The van der Waals surface area contributed by atoms with Crippen LogP contribution in [0.1, 0.15) is 31.2 Å². The van der Waals surface area contributed by atoms with E-state index in [1.807, 2.05) is 30.3 Å². The van der Waals surface area contributed by atoms with E-state index in [0.717, 1.165) is 18.5 Å². The first-order chi connectivity index (χ1) is 8.84. The summed E-state index contributed by atoms with van der Waals surface area (Å²) in [5.74, 6) is 0. The Morgan fingerprint density at radius 1 is 1.17 bits per heavy atom. The summed E-state index contributed by atoms with van der Waals surface area (Å²) in [6.07, 6.45) is 6.96. The van der Waals surface area contributed by atoms with E-state index in [1.54, 1.807) is 0 Å². The van der Waals surface area contributed by atoms with Crippen LogP contribution in [0.4, 0.5) is 4.79 Å². The van der Waals surface area contributed by atoms with Crippen LogP contribution in [0, 0.1) is 0 Å². The van der Waals surface area contributed by atoms with Gasteiger partial charge in [-0.2, -0.15) is 0 Å². The molecule has 0 atom stereocenters. The second-order valence-electron chi connectivity index (χ2n) is 4.60. The minimum absolute atomic E-state index is 0.0857. The number of carbonyl (C=O) groups is 1. The molecule has 3 nitrogen and oxygen atoms in total. The van der Waals surface area contributed by atoms with E-state index in [1.165, 1.54) is 24.8 Å². The highest BCUT2D eigenvalue weighted by molar-refractivity contribution is 5.73. The number of rotatable bonds is 5. The van der Waals surface area contributed by atoms with E-state index in [9.17, 15) is 4.79 Å². The highest BCUT2D eigenvalue weighted by Gasteiger charge is 2.05. The quantitative estimate of drug-likeness (QED) is 0.768. The lowest BCUT2D eigenvalue weighted by Crippen LogP contribution is -2.35. The fraction of sp³-hybridized carbons (Fsp3) is 0.400. The maximum Gasteiger partial charge on any atom is 0.315 e.